The van der Waals surface area contributed by atoms with E-state index in [1.807, 2.05) is 0 Å². The van der Waals surface area contributed by atoms with Gasteiger partial charge in [0.25, 0.3) is 5.91 Å². The predicted molar refractivity (Wildman–Crippen MR) is 61.2 cm³/mol. The van der Waals surface area contributed by atoms with E-state index in [4.69, 9.17) is 0 Å². The molecule has 1 saturated carbocycles. The Hall–Kier alpha value is -1.65. The minimum absolute atomic E-state index is 0.144. The molecule has 0 spiro atoms. The molecule has 1 fully saturated rings. The first-order valence-electron chi connectivity index (χ1n) is 5.48. The quantitative estimate of drug-likeness (QED) is 0.791. The fourth-order valence-electron chi connectivity index (χ4n) is 1.57. The van der Waals surface area contributed by atoms with Crippen LogP contribution >= 0.6 is 0 Å². The highest BCUT2D eigenvalue weighted by atomic mass is 16.1. The van der Waals surface area contributed by atoms with Crippen molar-refractivity contribution in [1.29, 1.82) is 0 Å². The van der Waals surface area contributed by atoms with Crippen LogP contribution in [0.2, 0.25) is 0 Å². The topological polar surface area (TPSA) is 66.9 Å². The molecule has 1 aliphatic rings. The first kappa shape index (κ1) is 10.9. The van der Waals surface area contributed by atoms with Gasteiger partial charge in [-0.25, -0.2) is 9.97 Å². The lowest BCUT2D eigenvalue weighted by Crippen LogP contribution is -2.26. The number of hydrogen-bond acceptors (Lipinski definition) is 4. The molecule has 5 heteroatoms. The summed E-state index contributed by atoms with van der Waals surface area (Å²) >= 11 is 0. The summed E-state index contributed by atoms with van der Waals surface area (Å²) in [5.41, 5.74) is 0.368. The van der Waals surface area contributed by atoms with Crippen LogP contribution in [-0.2, 0) is 0 Å². The van der Waals surface area contributed by atoms with Gasteiger partial charge in [0.1, 0.15) is 11.5 Å². The molecule has 2 atom stereocenters. The van der Waals surface area contributed by atoms with Gasteiger partial charge in [-0.2, -0.15) is 0 Å². The van der Waals surface area contributed by atoms with Gasteiger partial charge in [-0.05, 0) is 18.3 Å². The Morgan fingerprint density at radius 1 is 1.50 bits per heavy atom. The van der Waals surface area contributed by atoms with Crippen LogP contribution in [0.25, 0.3) is 0 Å². The number of amides is 1. The highest BCUT2D eigenvalue weighted by Crippen LogP contribution is 2.36. The van der Waals surface area contributed by atoms with Crippen LogP contribution in [0.15, 0.2) is 12.4 Å². The standard InChI is InChI=1S/C11H16N4O/c1-7-3-8(7)4-15-11(16)9-5-14-10(12-2)6-13-9/h5-8H,3-4H2,1-2H3,(H,12,14)(H,15,16). The summed E-state index contributed by atoms with van der Waals surface area (Å²) in [4.78, 5) is 19.7. The zero-order valence-corrected chi connectivity index (χ0v) is 9.53. The van der Waals surface area contributed by atoms with Crippen molar-refractivity contribution >= 4 is 11.7 Å². The molecule has 5 nitrogen and oxygen atoms in total. The zero-order chi connectivity index (χ0) is 11.5. The molecular weight excluding hydrogens is 204 g/mol. The maximum Gasteiger partial charge on any atom is 0.271 e. The second kappa shape index (κ2) is 4.47. The van der Waals surface area contributed by atoms with Gasteiger partial charge in [0.2, 0.25) is 0 Å². The number of carbonyl (C=O) groups is 1. The number of rotatable bonds is 4. The maximum atomic E-state index is 11.6. The molecule has 1 heterocycles. The van der Waals surface area contributed by atoms with Gasteiger partial charge < -0.3 is 10.6 Å². The van der Waals surface area contributed by atoms with Crippen molar-refractivity contribution in [3.63, 3.8) is 0 Å². The fourth-order valence-corrected chi connectivity index (χ4v) is 1.57. The van der Waals surface area contributed by atoms with E-state index in [1.165, 1.54) is 12.6 Å². The smallest absolute Gasteiger partial charge is 0.271 e. The van der Waals surface area contributed by atoms with Crippen LogP contribution in [0.5, 0.6) is 0 Å². The molecule has 0 radical (unpaired) electrons. The summed E-state index contributed by atoms with van der Waals surface area (Å²) in [7, 11) is 1.76. The zero-order valence-electron chi connectivity index (χ0n) is 9.53. The van der Waals surface area contributed by atoms with Crippen molar-refractivity contribution in [3.05, 3.63) is 18.1 Å². The summed E-state index contributed by atoms with van der Waals surface area (Å²) in [5, 5.41) is 5.72. The second-order valence-corrected chi connectivity index (χ2v) is 4.22. The van der Waals surface area contributed by atoms with Crippen LogP contribution in [0.1, 0.15) is 23.8 Å². The van der Waals surface area contributed by atoms with E-state index in [0.717, 1.165) is 12.5 Å². The lowest BCUT2D eigenvalue weighted by atomic mass is 10.3. The molecular formula is C11H16N4O. The SMILES string of the molecule is CNc1cnc(C(=O)NCC2CC2C)cn1. The third-order valence-electron chi connectivity index (χ3n) is 2.94. The number of anilines is 1. The Balaban J connectivity index is 1.87. The molecule has 2 rings (SSSR count). The van der Waals surface area contributed by atoms with E-state index in [2.05, 4.69) is 27.5 Å². The van der Waals surface area contributed by atoms with Crippen LogP contribution in [0.4, 0.5) is 5.82 Å². The average Bonchev–Trinajstić information content (AvgIpc) is 3.02. The molecule has 86 valence electrons. The average molecular weight is 220 g/mol. The highest BCUT2D eigenvalue weighted by Gasteiger charge is 2.32. The molecule has 0 aromatic carbocycles. The van der Waals surface area contributed by atoms with Gasteiger partial charge in [0, 0.05) is 13.6 Å². The van der Waals surface area contributed by atoms with Crippen molar-refractivity contribution < 1.29 is 4.79 Å². The van der Waals surface area contributed by atoms with Gasteiger partial charge in [0.05, 0.1) is 12.4 Å². The molecule has 1 aromatic rings. The van der Waals surface area contributed by atoms with Crippen molar-refractivity contribution in [3.8, 4) is 0 Å². The van der Waals surface area contributed by atoms with E-state index in [1.54, 1.807) is 13.2 Å². The number of aromatic nitrogens is 2. The Morgan fingerprint density at radius 2 is 2.25 bits per heavy atom. The Morgan fingerprint density at radius 3 is 2.75 bits per heavy atom. The van der Waals surface area contributed by atoms with E-state index < -0.39 is 0 Å². The van der Waals surface area contributed by atoms with Gasteiger partial charge in [-0.15, -0.1) is 0 Å². The highest BCUT2D eigenvalue weighted by molar-refractivity contribution is 5.92. The van der Waals surface area contributed by atoms with E-state index in [0.29, 0.717) is 17.4 Å². The van der Waals surface area contributed by atoms with E-state index in [-0.39, 0.29) is 5.91 Å². The molecule has 16 heavy (non-hydrogen) atoms. The molecule has 1 aromatic heterocycles. The first-order chi connectivity index (χ1) is 7.70. The van der Waals surface area contributed by atoms with Gasteiger partial charge in [0.15, 0.2) is 0 Å². The third kappa shape index (κ3) is 2.48. The largest absolute Gasteiger partial charge is 0.372 e. The molecule has 0 bridgehead atoms. The lowest BCUT2D eigenvalue weighted by molar-refractivity contribution is 0.0946. The van der Waals surface area contributed by atoms with E-state index >= 15 is 0 Å². The molecule has 1 aliphatic carbocycles. The summed E-state index contributed by atoms with van der Waals surface area (Å²) in [6.07, 6.45) is 4.25. The molecule has 0 aliphatic heterocycles. The molecule has 1 amide bonds. The minimum Gasteiger partial charge on any atom is -0.372 e. The maximum absolute atomic E-state index is 11.6. The summed E-state index contributed by atoms with van der Waals surface area (Å²) in [5.74, 6) is 1.91. The van der Waals surface area contributed by atoms with Crippen molar-refractivity contribution in [2.75, 3.05) is 18.9 Å². The Labute approximate surface area is 94.7 Å². The second-order valence-electron chi connectivity index (χ2n) is 4.22. The third-order valence-corrected chi connectivity index (χ3v) is 2.94. The van der Waals surface area contributed by atoms with E-state index in [9.17, 15) is 4.79 Å². The lowest BCUT2D eigenvalue weighted by Gasteiger charge is -2.04. The van der Waals surface area contributed by atoms with Gasteiger partial charge >= 0.3 is 0 Å². The number of nitrogens with zero attached hydrogens (tertiary/aromatic N) is 2. The van der Waals surface area contributed by atoms with Gasteiger partial charge in [-0.3, -0.25) is 4.79 Å². The summed E-state index contributed by atoms with van der Waals surface area (Å²) in [6.45, 7) is 2.94. The Kier molecular flexibility index (Phi) is 3.03. The number of nitrogens with one attached hydrogen (secondary N) is 2. The van der Waals surface area contributed by atoms with Gasteiger partial charge in [-0.1, -0.05) is 6.92 Å². The molecule has 0 saturated heterocycles. The summed E-state index contributed by atoms with van der Waals surface area (Å²) < 4.78 is 0. The van der Waals surface area contributed by atoms with Crippen molar-refractivity contribution in [2.45, 2.75) is 13.3 Å². The minimum atomic E-state index is -0.144. The summed E-state index contributed by atoms with van der Waals surface area (Å²) in [6, 6.07) is 0. The Bertz CT molecular complexity index is 376. The van der Waals surface area contributed by atoms with Crippen LogP contribution < -0.4 is 10.6 Å². The van der Waals surface area contributed by atoms with Crippen molar-refractivity contribution in [2.24, 2.45) is 11.8 Å². The van der Waals surface area contributed by atoms with Crippen LogP contribution in [0, 0.1) is 11.8 Å². The first-order valence-corrected chi connectivity index (χ1v) is 5.48. The van der Waals surface area contributed by atoms with Crippen LogP contribution in [0.3, 0.4) is 0 Å². The van der Waals surface area contributed by atoms with Crippen LogP contribution in [-0.4, -0.2) is 29.5 Å². The normalized spacial score (nSPS) is 22.6. The van der Waals surface area contributed by atoms with Crippen molar-refractivity contribution in [1.82, 2.24) is 15.3 Å². The number of carbonyl (C=O) groups excluding carboxylic acids is 1. The predicted octanol–water partition coefficient (Wildman–Crippen LogP) is 0.904. The number of hydrogen-bond donors (Lipinski definition) is 2. The molecule has 2 unspecified atom stereocenters. The monoisotopic (exact) mass is 220 g/mol. The molecule has 2 N–H and O–H groups in total. The fraction of sp³-hybridized carbons (Fsp3) is 0.545.